The first-order chi connectivity index (χ1) is 8.51. The molecule has 0 heterocycles. The molecular weight excluding hydrogens is 296 g/mol. The quantitative estimate of drug-likeness (QED) is 0.522. The molecule has 19 heavy (non-hydrogen) atoms. The average Bonchev–Trinajstić information content (AvgIpc) is 2.15. The molecule has 0 aliphatic rings. The van der Waals surface area contributed by atoms with Gasteiger partial charge >= 0.3 is 15.2 Å². The van der Waals surface area contributed by atoms with Gasteiger partial charge in [0.05, 0.1) is 0 Å². The van der Waals surface area contributed by atoms with Crippen molar-refractivity contribution >= 4 is 26.8 Å². The molecule has 1 aromatic carbocycles. The summed E-state index contributed by atoms with van der Waals surface area (Å²) in [5, 5.41) is 0.219. The van der Waals surface area contributed by atoms with Gasteiger partial charge < -0.3 is 24.9 Å². The molecule has 10 heteroatoms. The lowest BCUT2D eigenvalue weighted by molar-refractivity contribution is -0.114. The summed E-state index contributed by atoms with van der Waals surface area (Å²) in [4.78, 5) is 46.9. The number of carbonyl (C=O) groups is 1. The first kappa shape index (κ1) is 16.0. The monoisotopic (exact) mass is 309 g/mol. The van der Waals surface area contributed by atoms with Crippen molar-refractivity contribution in [1.29, 1.82) is 0 Å². The van der Waals surface area contributed by atoms with Gasteiger partial charge in [-0.2, -0.15) is 0 Å². The van der Waals surface area contributed by atoms with Crippen molar-refractivity contribution in [3.05, 3.63) is 29.8 Å². The smallest absolute Gasteiger partial charge is 0.326 e. The van der Waals surface area contributed by atoms with Crippen LogP contribution in [0.5, 0.6) is 0 Å². The highest BCUT2D eigenvalue weighted by molar-refractivity contribution is 7.70. The zero-order valence-corrected chi connectivity index (χ0v) is 11.6. The molecule has 1 aromatic rings. The molecular formula is C9H13NO7P2. The third kappa shape index (κ3) is 4.54. The fourth-order valence-electron chi connectivity index (χ4n) is 1.53. The van der Waals surface area contributed by atoms with E-state index < -0.39 is 20.6 Å². The number of carbonyl (C=O) groups excluding carboxylic acids is 1. The molecule has 0 saturated heterocycles. The summed E-state index contributed by atoms with van der Waals surface area (Å²) in [6.07, 6.45) is 0. The summed E-state index contributed by atoms with van der Waals surface area (Å²) < 4.78 is 22.3. The van der Waals surface area contributed by atoms with Crippen molar-refractivity contribution in [2.24, 2.45) is 0 Å². The van der Waals surface area contributed by atoms with Gasteiger partial charge in [-0.05, 0) is 17.7 Å². The zero-order valence-electron chi connectivity index (χ0n) is 9.79. The number of nitrogens with one attached hydrogen (secondary N) is 1. The van der Waals surface area contributed by atoms with Crippen molar-refractivity contribution in [3.63, 3.8) is 0 Å². The van der Waals surface area contributed by atoms with Gasteiger partial charge in [0.15, 0.2) is 5.40 Å². The Balaban J connectivity index is 3.16. The van der Waals surface area contributed by atoms with Crippen molar-refractivity contribution in [2.45, 2.75) is 12.3 Å². The lowest BCUT2D eigenvalue weighted by Gasteiger charge is -2.20. The maximum atomic E-state index is 11.2. The summed E-state index contributed by atoms with van der Waals surface area (Å²) in [7, 11) is -10.0. The highest BCUT2D eigenvalue weighted by Gasteiger charge is 2.44. The third-order valence-corrected chi connectivity index (χ3v) is 5.84. The Morgan fingerprint density at radius 3 is 1.79 bits per heavy atom. The Bertz CT molecular complexity index is 536. The van der Waals surface area contributed by atoms with Crippen LogP contribution in [0.1, 0.15) is 17.9 Å². The van der Waals surface area contributed by atoms with E-state index in [-0.39, 0.29) is 11.5 Å². The van der Waals surface area contributed by atoms with Gasteiger partial charge in [0, 0.05) is 12.6 Å². The third-order valence-electron chi connectivity index (χ3n) is 2.17. The van der Waals surface area contributed by atoms with E-state index in [9.17, 15) is 13.9 Å². The van der Waals surface area contributed by atoms with E-state index in [0.717, 1.165) is 12.1 Å². The molecule has 0 radical (unpaired) electrons. The van der Waals surface area contributed by atoms with E-state index in [1.165, 1.54) is 19.1 Å². The molecule has 0 spiro atoms. The molecule has 0 aromatic heterocycles. The van der Waals surface area contributed by atoms with Gasteiger partial charge in [0.2, 0.25) is 5.91 Å². The summed E-state index contributed by atoms with van der Waals surface area (Å²) in [6.45, 7) is 1.28. The maximum absolute atomic E-state index is 11.2. The molecule has 5 N–H and O–H groups in total. The largest absolute Gasteiger partial charge is 0.345 e. The number of hydrogen-bond donors (Lipinski definition) is 5. The molecule has 0 atom stereocenters. The van der Waals surface area contributed by atoms with Crippen LogP contribution in [0, 0.1) is 0 Å². The molecule has 0 fully saturated rings. The number of anilines is 1. The molecule has 1 amide bonds. The van der Waals surface area contributed by atoms with E-state index >= 15 is 0 Å². The Kier molecular flexibility index (Phi) is 4.68. The van der Waals surface area contributed by atoms with E-state index in [1.54, 1.807) is 0 Å². The second-order valence-electron chi connectivity index (χ2n) is 3.86. The summed E-state index contributed by atoms with van der Waals surface area (Å²) in [6, 6.07) is 4.90. The summed E-state index contributed by atoms with van der Waals surface area (Å²) in [5.41, 5.74) is 0.155. The van der Waals surface area contributed by atoms with Crippen molar-refractivity contribution in [1.82, 2.24) is 0 Å². The minimum atomic E-state index is -5.01. The highest BCUT2D eigenvalue weighted by atomic mass is 31.2. The maximum Gasteiger partial charge on any atom is 0.345 e. The summed E-state index contributed by atoms with van der Waals surface area (Å²) in [5.74, 6) is -0.339. The SMILES string of the molecule is CC(=O)Nc1ccc(C(P(=O)(O)O)P(=O)(O)O)cc1. The highest BCUT2D eigenvalue weighted by Crippen LogP contribution is 2.69. The number of rotatable bonds is 4. The Labute approximate surface area is 108 Å². The van der Waals surface area contributed by atoms with E-state index in [0.29, 0.717) is 5.69 Å². The molecule has 0 bridgehead atoms. The van der Waals surface area contributed by atoms with Gasteiger partial charge in [-0.25, -0.2) is 0 Å². The molecule has 106 valence electrons. The van der Waals surface area contributed by atoms with E-state index in [1.807, 2.05) is 0 Å². The van der Waals surface area contributed by atoms with Crippen LogP contribution in [0.3, 0.4) is 0 Å². The second kappa shape index (κ2) is 5.54. The van der Waals surface area contributed by atoms with Crippen LogP contribution < -0.4 is 5.32 Å². The van der Waals surface area contributed by atoms with Crippen LogP contribution in [-0.2, 0) is 13.9 Å². The molecule has 1 rings (SSSR count). The average molecular weight is 309 g/mol. The Morgan fingerprint density at radius 2 is 1.47 bits per heavy atom. The fraction of sp³-hybridized carbons (Fsp3) is 0.222. The van der Waals surface area contributed by atoms with E-state index in [4.69, 9.17) is 19.6 Å². The topological polar surface area (TPSA) is 144 Å². The van der Waals surface area contributed by atoms with Crippen LogP contribution >= 0.6 is 15.2 Å². The van der Waals surface area contributed by atoms with Crippen molar-refractivity contribution in [2.75, 3.05) is 5.32 Å². The zero-order chi connectivity index (χ0) is 14.8. The lowest BCUT2D eigenvalue weighted by atomic mass is 10.2. The van der Waals surface area contributed by atoms with Gasteiger partial charge in [-0.3, -0.25) is 13.9 Å². The van der Waals surface area contributed by atoms with E-state index in [2.05, 4.69) is 5.32 Å². The number of benzene rings is 1. The molecule has 0 aliphatic heterocycles. The molecule has 0 unspecified atom stereocenters. The van der Waals surface area contributed by atoms with Crippen molar-refractivity contribution in [3.8, 4) is 0 Å². The van der Waals surface area contributed by atoms with Gasteiger partial charge in [-0.1, -0.05) is 12.1 Å². The minimum Gasteiger partial charge on any atom is -0.326 e. The predicted molar refractivity (Wildman–Crippen MR) is 67.6 cm³/mol. The first-order valence-corrected chi connectivity index (χ1v) is 8.36. The normalized spacial score (nSPS) is 12.5. The van der Waals surface area contributed by atoms with Gasteiger partial charge in [0.1, 0.15) is 0 Å². The van der Waals surface area contributed by atoms with Crippen LogP contribution in [0.2, 0.25) is 0 Å². The first-order valence-electron chi connectivity index (χ1n) is 5.00. The Morgan fingerprint density at radius 1 is 1.05 bits per heavy atom. The van der Waals surface area contributed by atoms with Crippen LogP contribution in [0.25, 0.3) is 0 Å². The van der Waals surface area contributed by atoms with Gasteiger partial charge in [0.25, 0.3) is 0 Å². The molecule has 0 saturated carbocycles. The van der Waals surface area contributed by atoms with Crippen molar-refractivity contribution < 1.29 is 33.5 Å². The van der Waals surface area contributed by atoms with Crippen LogP contribution in [-0.4, -0.2) is 25.5 Å². The second-order valence-corrected chi connectivity index (χ2v) is 7.65. The van der Waals surface area contributed by atoms with Gasteiger partial charge in [-0.15, -0.1) is 0 Å². The lowest BCUT2D eigenvalue weighted by Crippen LogP contribution is -2.06. The summed E-state index contributed by atoms with van der Waals surface area (Å²) >= 11 is 0. The number of hydrogen-bond acceptors (Lipinski definition) is 3. The van der Waals surface area contributed by atoms with Crippen LogP contribution in [0.4, 0.5) is 5.69 Å². The standard InChI is InChI=1S/C9H13NO7P2/c1-6(11)10-8-4-2-7(3-5-8)9(18(12,13)14)19(15,16)17/h2-5,9H,1H3,(H,10,11)(H2,12,13,14)(H2,15,16,17). The molecule has 8 nitrogen and oxygen atoms in total. The minimum absolute atomic E-state index is 0.198. The van der Waals surface area contributed by atoms with Crippen LogP contribution in [0.15, 0.2) is 24.3 Å². The Hall–Kier alpha value is -1.01. The predicted octanol–water partition coefficient (Wildman–Crippen LogP) is 0.999. The molecule has 0 aliphatic carbocycles. The number of amides is 1. The fourth-order valence-corrected chi connectivity index (χ4v) is 4.21.